The molecule has 0 spiro atoms. The third-order valence-corrected chi connectivity index (χ3v) is 11.2. The second kappa shape index (κ2) is 13.2. The monoisotopic (exact) mass is 705 g/mol. The zero-order valence-electron chi connectivity index (χ0n) is 30.9. The lowest BCUT2D eigenvalue weighted by molar-refractivity contribution is 0.663. The van der Waals surface area contributed by atoms with E-state index in [4.69, 9.17) is 0 Å². The summed E-state index contributed by atoms with van der Waals surface area (Å²) >= 11 is 0. The van der Waals surface area contributed by atoms with Crippen LogP contribution in [0.4, 0.5) is 17.1 Å². The molecule has 10 rings (SSSR count). The number of aromatic nitrogens is 2. The fourth-order valence-electron chi connectivity index (χ4n) is 8.62. The van der Waals surface area contributed by atoms with Crippen LogP contribution in [-0.4, -0.2) is 9.55 Å². The van der Waals surface area contributed by atoms with Crippen LogP contribution in [0.15, 0.2) is 188 Å². The second-order valence-electron chi connectivity index (χ2n) is 14.9. The van der Waals surface area contributed by atoms with Crippen LogP contribution < -0.4 is 4.90 Å². The van der Waals surface area contributed by atoms with Crippen molar-refractivity contribution in [3.05, 3.63) is 211 Å². The Balaban J connectivity index is 0.986. The third kappa shape index (κ3) is 5.55. The van der Waals surface area contributed by atoms with Gasteiger partial charge in [0.15, 0.2) is 0 Å². The van der Waals surface area contributed by atoms with Crippen LogP contribution in [0.5, 0.6) is 0 Å². The maximum absolute atomic E-state index is 4.35. The van der Waals surface area contributed by atoms with Crippen LogP contribution in [0.2, 0.25) is 0 Å². The van der Waals surface area contributed by atoms with Crippen LogP contribution >= 0.6 is 0 Å². The van der Waals surface area contributed by atoms with E-state index in [0.29, 0.717) is 0 Å². The fourth-order valence-corrected chi connectivity index (χ4v) is 8.62. The molecule has 0 fully saturated rings. The first-order valence-corrected chi connectivity index (χ1v) is 19.0. The zero-order valence-corrected chi connectivity index (χ0v) is 30.9. The molecular weight excluding hydrogens is 667 g/mol. The van der Waals surface area contributed by atoms with Gasteiger partial charge in [-0.3, -0.25) is 4.98 Å². The molecular formula is C52H39N3. The summed E-state index contributed by atoms with van der Waals surface area (Å²) in [6.45, 7) is 4.78. The Kier molecular flexibility index (Phi) is 7.81. The van der Waals surface area contributed by atoms with E-state index in [1.165, 1.54) is 55.3 Å². The van der Waals surface area contributed by atoms with E-state index in [2.05, 4.69) is 210 Å². The number of para-hydroxylation sites is 3. The molecule has 1 aliphatic rings. The molecule has 7 aromatic carbocycles. The maximum Gasteiger partial charge on any atom is 0.0588 e. The number of benzene rings is 7. The van der Waals surface area contributed by atoms with E-state index < -0.39 is 0 Å². The molecule has 0 amide bonds. The van der Waals surface area contributed by atoms with Crippen molar-refractivity contribution in [3.63, 3.8) is 0 Å². The largest absolute Gasteiger partial charge is 0.310 e. The summed E-state index contributed by atoms with van der Waals surface area (Å²) in [7, 11) is 0. The number of pyridine rings is 1. The Morgan fingerprint density at radius 1 is 0.527 bits per heavy atom. The number of fused-ring (bicyclic) bond motifs is 7. The molecule has 0 N–H and O–H groups in total. The normalized spacial score (nSPS) is 13.0. The van der Waals surface area contributed by atoms with E-state index in [0.717, 1.165) is 33.8 Å². The smallest absolute Gasteiger partial charge is 0.0588 e. The van der Waals surface area contributed by atoms with Gasteiger partial charge >= 0.3 is 0 Å². The summed E-state index contributed by atoms with van der Waals surface area (Å²) in [5, 5.41) is 2.59. The van der Waals surface area contributed by atoms with Crippen LogP contribution in [0.3, 0.4) is 0 Å². The third-order valence-electron chi connectivity index (χ3n) is 11.2. The average Bonchev–Trinajstić information content (AvgIpc) is 3.70. The highest BCUT2D eigenvalue weighted by Gasteiger charge is 2.38. The summed E-state index contributed by atoms with van der Waals surface area (Å²) in [6.07, 6.45) is 8.20. The molecule has 3 nitrogen and oxygen atoms in total. The minimum absolute atomic E-state index is 0.189. The number of hydrogen-bond acceptors (Lipinski definition) is 2. The summed E-state index contributed by atoms with van der Waals surface area (Å²) in [4.78, 5) is 6.65. The van der Waals surface area contributed by atoms with E-state index in [-0.39, 0.29) is 5.41 Å². The molecule has 0 atom stereocenters. The SMILES string of the molecule is CC1(C)c2cc(C=Cc3ccc(N(c4ccccc4)c4cccc(-c5cccnc5)c4)cc3)ccc2-c2ccc3c4ccccc4n(-c4ccccc4)c3c21. The van der Waals surface area contributed by atoms with Crippen molar-refractivity contribution in [2.24, 2.45) is 0 Å². The lowest BCUT2D eigenvalue weighted by Gasteiger charge is -2.26. The van der Waals surface area contributed by atoms with Gasteiger partial charge in [-0.25, -0.2) is 0 Å². The average molecular weight is 706 g/mol. The van der Waals surface area contributed by atoms with E-state index in [9.17, 15) is 0 Å². The molecule has 0 radical (unpaired) electrons. The van der Waals surface area contributed by atoms with Gasteiger partial charge in [0.1, 0.15) is 0 Å². The van der Waals surface area contributed by atoms with Crippen molar-refractivity contribution in [2.45, 2.75) is 19.3 Å². The first kappa shape index (κ1) is 32.7. The minimum Gasteiger partial charge on any atom is -0.310 e. The molecule has 1 aliphatic carbocycles. The highest BCUT2D eigenvalue weighted by atomic mass is 15.1. The molecule has 0 saturated carbocycles. The number of hydrogen-bond donors (Lipinski definition) is 0. The van der Waals surface area contributed by atoms with Gasteiger partial charge < -0.3 is 9.47 Å². The van der Waals surface area contributed by atoms with Crippen molar-refractivity contribution in [2.75, 3.05) is 4.90 Å². The molecule has 262 valence electrons. The van der Waals surface area contributed by atoms with Gasteiger partial charge in [-0.1, -0.05) is 141 Å². The van der Waals surface area contributed by atoms with Gasteiger partial charge in [0.2, 0.25) is 0 Å². The van der Waals surface area contributed by atoms with Gasteiger partial charge in [-0.2, -0.15) is 0 Å². The summed E-state index contributed by atoms with van der Waals surface area (Å²) < 4.78 is 2.47. The predicted octanol–water partition coefficient (Wildman–Crippen LogP) is 13.8. The molecule has 9 aromatic rings. The lowest BCUT2D eigenvalue weighted by Crippen LogP contribution is -2.16. The Bertz CT molecular complexity index is 2870. The van der Waals surface area contributed by atoms with Gasteiger partial charge in [-0.05, 0) is 99.6 Å². The van der Waals surface area contributed by atoms with Crippen molar-refractivity contribution in [1.29, 1.82) is 0 Å². The van der Waals surface area contributed by atoms with Gasteiger partial charge in [-0.15, -0.1) is 0 Å². The van der Waals surface area contributed by atoms with Crippen LogP contribution in [0.25, 0.3) is 61.9 Å². The Morgan fingerprint density at radius 3 is 2.00 bits per heavy atom. The molecule has 2 heterocycles. The quantitative estimate of drug-likeness (QED) is 0.154. The van der Waals surface area contributed by atoms with E-state index in [1.807, 2.05) is 18.5 Å². The molecule has 2 aromatic heterocycles. The van der Waals surface area contributed by atoms with Gasteiger partial charge in [0, 0.05) is 56.9 Å². The van der Waals surface area contributed by atoms with E-state index >= 15 is 0 Å². The van der Waals surface area contributed by atoms with Gasteiger partial charge in [0.25, 0.3) is 0 Å². The van der Waals surface area contributed by atoms with Crippen molar-refractivity contribution >= 4 is 51.0 Å². The molecule has 0 unspecified atom stereocenters. The van der Waals surface area contributed by atoms with Crippen LogP contribution in [0, 0.1) is 0 Å². The highest BCUT2D eigenvalue weighted by Crippen LogP contribution is 2.53. The Morgan fingerprint density at radius 2 is 1.20 bits per heavy atom. The highest BCUT2D eigenvalue weighted by molar-refractivity contribution is 6.13. The molecule has 0 saturated heterocycles. The Hall–Kier alpha value is -6.97. The van der Waals surface area contributed by atoms with Crippen LogP contribution in [-0.2, 0) is 5.41 Å². The summed E-state index contributed by atoms with van der Waals surface area (Å²) in [5.74, 6) is 0. The van der Waals surface area contributed by atoms with Crippen molar-refractivity contribution in [1.82, 2.24) is 9.55 Å². The minimum atomic E-state index is -0.189. The van der Waals surface area contributed by atoms with Crippen LogP contribution in [0.1, 0.15) is 36.1 Å². The number of anilines is 3. The van der Waals surface area contributed by atoms with Crippen molar-refractivity contribution in [3.8, 4) is 27.9 Å². The summed E-state index contributed by atoms with van der Waals surface area (Å²) in [5.41, 5.74) is 16.8. The number of nitrogens with zero attached hydrogens (tertiary/aromatic N) is 3. The first-order valence-electron chi connectivity index (χ1n) is 19.0. The molecule has 0 bridgehead atoms. The topological polar surface area (TPSA) is 21.1 Å². The standard InChI is InChI=1S/C52H39N3/c1-52(2)48-33-37(26-29-44(48)46-30-31-47-45-20-9-10-21-49(45)55(51(47)50(46)52)41-17-7-4-8-18-41)23-22-36-24-27-42(28-25-36)54(40-15-5-3-6-16-40)43-19-11-13-38(34-43)39-14-12-32-53-35-39/h3-35H,1-2H3. The van der Waals surface area contributed by atoms with Gasteiger partial charge in [0.05, 0.1) is 11.0 Å². The second-order valence-corrected chi connectivity index (χ2v) is 14.9. The molecule has 0 aliphatic heterocycles. The van der Waals surface area contributed by atoms with Crippen molar-refractivity contribution < 1.29 is 0 Å². The fraction of sp³-hybridized carbons (Fsp3) is 0.0577. The Labute approximate surface area is 322 Å². The zero-order chi connectivity index (χ0) is 36.9. The molecule has 55 heavy (non-hydrogen) atoms. The maximum atomic E-state index is 4.35. The molecule has 3 heteroatoms. The first-order chi connectivity index (χ1) is 27.0. The lowest BCUT2D eigenvalue weighted by atomic mass is 9.81. The summed E-state index contributed by atoms with van der Waals surface area (Å²) in [6, 6.07) is 63.4. The number of rotatable bonds is 7. The predicted molar refractivity (Wildman–Crippen MR) is 232 cm³/mol. The van der Waals surface area contributed by atoms with E-state index in [1.54, 1.807) is 0 Å².